The fourth-order valence-corrected chi connectivity index (χ4v) is 10.3. The number of hydrogen-bond donors (Lipinski definition) is 14. The summed E-state index contributed by atoms with van der Waals surface area (Å²) in [4.78, 5) is 156. The average molecular weight is 1180 g/mol. The number of phenolic OH excluding ortho intramolecular Hbond substituents is 1. The van der Waals surface area contributed by atoms with E-state index in [2.05, 4.69) is 62.5 Å². The molecule has 0 radical (unpaired) electrons. The molecule has 2 fully saturated rings. The molecule has 0 aliphatic carbocycles. The van der Waals surface area contributed by atoms with Gasteiger partial charge >= 0.3 is 0 Å². The minimum Gasteiger partial charge on any atom is -0.508 e. The average Bonchev–Trinajstić information content (AvgIpc) is 4.38. The molecule has 16 N–H and O–H groups in total. The van der Waals surface area contributed by atoms with Gasteiger partial charge in [-0.1, -0.05) is 44.2 Å². The number of benzene rings is 2. The van der Waals surface area contributed by atoms with Crippen molar-refractivity contribution in [3.8, 4) is 5.75 Å². The zero-order valence-electron chi connectivity index (χ0n) is 48.4. The lowest BCUT2D eigenvalue weighted by molar-refractivity contribution is -0.145. The molecule has 460 valence electrons. The van der Waals surface area contributed by atoms with Crippen LogP contribution in [-0.2, 0) is 67.2 Å². The van der Waals surface area contributed by atoms with Crippen LogP contribution in [-0.4, -0.2) is 188 Å². The van der Waals surface area contributed by atoms with Gasteiger partial charge in [-0.3, -0.25) is 52.9 Å². The summed E-state index contributed by atoms with van der Waals surface area (Å²) in [6.45, 7) is 6.60. The highest BCUT2D eigenvalue weighted by Gasteiger charge is 2.40. The number of hydrogen-bond acceptors (Lipinski definition) is 14. The Labute approximate surface area is 491 Å². The number of H-pyrrole nitrogens is 2. The maximum Gasteiger partial charge on any atom is 0.245 e. The third kappa shape index (κ3) is 18.5. The summed E-state index contributed by atoms with van der Waals surface area (Å²) >= 11 is 0. The van der Waals surface area contributed by atoms with Crippen molar-refractivity contribution in [2.24, 2.45) is 22.4 Å². The third-order valence-corrected chi connectivity index (χ3v) is 14.8. The number of para-hydroxylation sites is 1. The van der Waals surface area contributed by atoms with Crippen LogP contribution in [0.4, 0.5) is 0 Å². The zero-order chi connectivity index (χ0) is 61.9. The number of aromatic amines is 2. The summed E-state index contributed by atoms with van der Waals surface area (Å²) in [5.41, 5.74) is 13.3. The van der Waals surface area contributed by atoms with E-state index in [0.29, 0.717) is 41.6 Å². The Morgan fingerprint density at radius 3 is 2.07 bits per heavy atom. The topological polar surface area (TPSA) is 423 Å². The zero-order valence-corrected chi connectivity index (χ0v) is 48.4. The number of carbonyl (C=O) groups excluding carboxylic acids is 10. The van der Waals surface area contributed by atoms with E-state index in [1.807, 2.05) is 19.9 Å². The molecule has 85 heavy (non-hydrogen) atoms. The standard InChI is InChI=1S/C57H80N16O12/c1-6-61-53(82)45-14-10-22-73(45)56(85)40(13-9-21-62-57(58)59)67-54(83)46(23-31(2)3)72(5)55(84)32(4)65-49(78)41(24-33-15-17-36(75)18-16-33)68-52(81)44(29-74)71-50(79)42(25-34-27-63-38-12-8-7-11-37(34)38)69-51(80)43(26-35-28-60-30-64-35)70-48(77)39-19-20-47(76)66-39/h7-8,11-12,15-18,27-28,30-32,39-46,63,74-75H,6,9-10,13-14,19-26,29H2,1-5H3,(H,60,64)(H,61,82)(H,65,78)(H,66,76)(H,67,83)(H,68,81)(H,69,80)(H,70,77)(H,71,79)(H4,58,59,62)/t32-,39+,40+,41+,42+,43+,44+,45+,46+/m1/s1. The van der Waals surface area contributed by atoms with Crippen LogP contribution in [0, 0.1) is 5.92 Å². The van der Waals surface area contributed by atoms with E-state index in [9.17, 15) is 58.2 Å². The molecular weight excluding hydrogens is 1100 g/mol. The second kappa shape index (κ2) is 31.0. The van der Waals surface area contributed by atoms with Gasteiger partial charge in [-0.2, -0.15) is 0 Å². The SMILES string of the molecule is CCNC(=O)[C@@H]1CCCN1C(=O)[C@H](CCCN=C(N)N)NC(=O)[C@H](CC(C)C)N(C)C(=O)[C@@H](C)NC(=O)[C@H](Cc1ccc(O)cc1)NC(=O)[C@H](CO)NC(=O)[C@H](Cc1c[nH]c2ccccc12)NC(=O)[C@H](Cc1cnc[nH]1)NC(=O)[C@@H]1CCC(=O)N1. The van der Waals surface area contributed by atoms with Gasteiger partial charge in [0, 0.05) is 81.4 Å². The van der Waals surface area contributed by atoms with Crippen molar-refractivity contribution in [3.05, 3.63) is 84.1 Å². The van der Waals surface area contributed by atoms with Crippen molar-refractivity contribution in [1.29, 1.82) is 0 Å². The van der Waals surface area contributed by atoms with E-state index >= 15 is 0 Å². The molecule has 0 bridgehead atoms. The first-order valence-electron chi connectivity index (χ1n) is 28.5. The summed E-state index contributed by atoms with van der Waals surface area (Å²) in [6, 6.07) is 1.60. The van der Waals surface area contributed by atoms with Crippen LogP contribution in [0.5, 0.6) is 5.75 Å². The lowest BCUT2D eigenvalue weighted by atomic mass is 10.00. The molecule has 0 unspecified atom stereocenters. The van der Waals surface area contributed by atoms with Gasteiger partial charge in [-0.25, -0.2) is 4.98 Å². The minimum atomic E-state index is -1.75. The number of carbonyl (C=O) groups is 10. The molecule has 2 saturated heterocycles. The molecule has 0 saturated carbocycles. The van der Waals surface area contributed by atoms with E-state index < -0.39 is 108 Å². The highest BCUT2D eigenvalue weighted by atomic mass is 16.3. The lowest BCUT2D eigenvalue weighted by Gasteiger charge is -2.33. The van der Waals surface area contributed by atoms with Crippen LogP contribution in [0.1, 0.15) is 89.5 Å². The van der Waals surface area contributed by atoms with Crippen LogP contribution < -0.4 is 54.0 Å². The first-order chi connectivity index (χ1) is 40.6. The van der Waals surface area contributed by atoms with Gasteiger partial charge in [0.1, 0.15) is 60.1 Å². The Morgan fingerprint density at radius 1 is 0.788 bits per heavy atom. The predicted octanol–water partition coefficient (Wildman–Crippen LogP) is -2.12. The van der Waals surface area contributed by atoms with Crippen LogP contribution in [0.25, 0.3) is 10.9 Å². The fraction of sp³-hybridized carbons (Fsp3) is 0.509. The second-order valence-electron chi connectivity index (χ2n) is 21.7. The number of nitrogens with two attached hydrogens (primary N) is 2. The van der Waals surface area contributed by atoms with Crippen molar-refractivity contribution in [1.82, 2.24) is 67.3 Å². The predicted molar refractivity (Wildman–Crippen MR) is 311 cm³/mol. The molecule has 2 aromatic heterocycles. The van der Waals surface area contributed by atoms with Crippen LogP contribution in [0.15, 0.2) is 72.2 Å². The van der Waals surface area contributed by atoms with Crippen molar-refractivity contribution >= 4 is 75.9 Å². The van der Waals surface area contributed by atoms with Gasteiger partial charge in [0.15, 0.2) is 5.96 Å². The van der Waals surface area contributed by atoms with E-state index in [4.69, 9.17) is 11.5 Å². The van der Waals surface area contributed by atoms with Crippen molar-refractivity contribution in [2.45, 2.75) is 146 Å². The molecule has 2 aliphatic rings. The summed E-state index contributed by atoms with van der Waals surface area (Å²) in [5.74, 6) is -7.27. The van der Waals surface area contributed by atoms with Gasteiger partial charge in [-0.15, -0.1) is 0 Å². The third-order valence-electron chi connectivity index (χ3n) is 14.8. The Bertz CT molecular complexity index is 3020. The van der Waals surface area contributed by atoms with Crippen molar-refractivity contribution in [3.63, 3.8) is 0 Å². The maximum atomic E-state index is 14.5. The van der Waals surface area contributed by atoms with Gasteiger partial charge in [-0.05, 0) is 87.6 Å². The first kappa shape index (κ1) is 65.1. The number of amides is 10. The molecule has 9 atom stereocenters. The molecule has 4 aromatic rings. The molecule has 2 aromatic carbocycles. The smallest absolute Gasteiger partial charge is 0.245 e. The molecule has 6 rings (SSSR count). The Balaban J connectivity index is 1.20. The number of aliphatic imine (C=N–C) groups is 1. The number of aromatic nitrogens is 3. The van der Waals surface area contributed by atoms with E-state index in [1.54, 1.807) is 31.3 Å². The summed E-state index contributed by atoms with van der Waals surface area (Å²) in [7, 11) is 1.38. The van der Waals surface area contributed by atoms with Gasteiger partial charge in [0.05, 0.1) is 12.9 Å². The molecule has 10 amide bonds. The number of guanidine groups is 1. The summed E-state index contributed by atoms with van der Waals surface area (Å²) in [6.07, 6.45) is 5.79. The molecule has 0 spiro atoms. The number of fused-ring (bicyclic) bond motifs is 1. The minimum absolute atomic E-state index is 0.0908. The number of nitrogens with one attached hydrogen (secondary N) is 10. The number of phenols is 1. The van der Waals surface area contributed by atoms with Crippen LogP contribution in [0.2, 0.25) is 0 Å². The number of nitrogens with zero attached hydrogens (tertiary/aromatic N) is 4. The van der Waals surface area contributed by atoms with E-state index in [-0.39, 0.29) is 93.9 Å². The maximum absolute atomic E-state index is 14.5. The van der Waals surface area contributed by atoms with Crippen molar-refractivity contribution in [2.75, 3.05) is 33.3 Å². The molecule has 28 heteroatoms. The normalized spacial score (nSPS) is 17.2. The lowest BCUT2D eigenvalue weighted by Crippen LogP contribution is -2.61. The van der Waals surface area contributed by atoms with E-state index in [1.165, 1.54) is 55.7 Å². The Kier molecular flexibility index (Phi) is 23.7. The van der Waals surface area contributed by atoms with Crippen LogP contribution in [0.3, 0.4) is 0 Å². The molecular formula is C57H80N16O12. The number of aromatic hydroxyl groups is 1. The van der Waals surface area contributed by atoms with Crippen LogP contribution >= 0.6 is 0 Å². The quantitative estimate of drug-likeness (QED) is 0.0151. The van der Waals surface area contributed by atoms with E-state index in [0.717, 1.165) is 10.4 Å². The number of aliphatic hydroxyl groups is 1. The number of rotatable bonds is 30. The largest absolute Gasteiger partial charge is 0.508 e. The number of imidazole rings is 1. The van der Waals surface area contributed by atoms with Gasteiger partial charge in [0.25, 0.3) is 0 Å². The first-order valence-corrected chi connectivity index (χ1v) is 28.5. The molecule has 4 heterocycles. The molecule has 28 nitrogen and oxygen atoms in total. The Morgan fingerprint density at radius 2 is 1.44 bits per heavy atom. The molecule has 2 aliphatic heterocycles. The number of likely N-dealkylation sites (tertiary alicyclic amines) is 1. The second-order valence-corrected chi connectivity index (χ2v) is 21.7. The van der Waals surface area contributed by atoms with Gasteiger partial charge in [0.2, 0.25) is 59.1 Å². The highest BCUT2D eigenvalue weighted by Crippen LogP contribution is 2.23. The van der Waals surface area contributed by atoms with Gasteiger partial charge < -0.3 is 84.0 Å². The summed E-state index contributed by atoms with van der Waals surface area (Å²) < 4.78 is 0. The summed E-state index contributed by atoms with van der Waals surface area (Å²) in [5, 5.41) is 42.8. The number of likely N-dealkylation sites (N-methyl/N-ethyl adjacent to an activating group) is 2. The monoisotopic (exact) mass is 1180 g/mol. The Hall–Kier alpha value is -9.08. The highest BCUT2D eigenvalue weighted by molar-refractivity contribution is 5.99. The fourth-order valence-electron chi connectivity index (χ4n) is 10.3. The van der Waals surface area contributed by atoms with Crippen molar-refractivity contribution < 1.29 is 58.2 Å². The number of aliphatic hydroxyl groups excluding tert-OH is 1.